The number of aliphatic imine (C=N–C) groups is 1. The van der Waals surface area contributed by atoms with Gasteiger partial charge in [0.15, 0.2) is 0 Å². The highest BCUT2D eigenvalue weighted by molar-refractivity contribution is 5.93. The van der Waals surface area contributed by atoms with Crippen molar-refractivity contribution >= 4 is 18.0 Å². The second-order valence-electron chi connectivity index (χ2n) is 4.76. The van der Waals surface area contributed by atoms with Crippen molar-refractivity contribution in [3.8, 4) is 0 Å². The molecule has 0 aliphatic carbocycles. The van der Waals surface area contributed by atoms with Gasteiger partial charge in [-0.15, -0.1) is 0 Å². The van der Waals surface area contributed by atoms with Crippen molar-refractivity contribution in [2.24, 2.45) is 4.99 Å². The van der Waals surface area contributed by atoms with Crippen molar-refractivity contribution in [2.45, 2.75) is 19.4 Å². The number of ether oxygens (including phenoxy) is 1. The van der Waals surface area contributed by atoms with Crippen molar-refractivity contribution < 1.29 is 4.74 Å². The highest BCUT2D eigenvalue weighted by atomic mass is 16.5. The summed E-state index contributed by atoms with van der Waals surface area (Å²) in [5.74, 6) is 0.711. The van der Waals surface area contributed by atoms with Crippen LogP contribution >= 0.6 is 0 Å². The molecule has 0 saturated heterocycles. The molecule has 88 valence electrons. The number of nitrogens with zero attached hydrogens (tertiary/aromatic N) is 1. The van der Waals surface area contributed by atoms with Crippen molar-refractivity contribution in [3.63, 3.8) is 0 Å². The zero-order chi connectivity index (χ0) is 12.3. The molecule has 0 bridgehead atoms. The van der Waals surface area contributed by atoms with Gasteiger partial charge in [0.05, 0.1) is 5.54 Å². The molecule has 17 heavy (non-hydrogen) atoms. The average molecular weight is 227 g/mol. The molecule has 2 nitrogen and oxygen atoms in total. The molecule has 1 aliphatic rings. The Kier molecular flexibility index (Phi) is 3.14. The fourth-order valence-corrected chi connectivity index (χ4v) is 1.61. The molecular weight excluding hydrogens is 210 g/mol. The third-order valence-electron chi connectivity index (χ3n) is 2.58. The van der Waals surface area contributed by atoms with Crippen LogP contribution in [0.3, 0.4) is 0 Å². The van der Waals surface area contributed by atoms with Gasteiger partial charge in [0.25, 0.3) is 0 Å². The molecule has 0 saturated carbocycles. The molecule has 1 heterocycles. The van der Waals surface area contributed by atoms with E-state index in [4.69, 9.17) is 4.74 Å². The molecule has 0 atom stereocenters. The van der Waals surface area contributed by atoms with Crippen molar-refractivity contribution in [1.82, 2.24) is 0 Å². The molecule has 0 amide bonds. The van der Waals surface area contributed by atoms with Crippen LogP contribution in [-0.4, -0.2) is 18.0 Å². The minimum atomic E-state index is -0.0909. The third kappa shape index (κ3) is 3.06. The van der Waals surface area contributed by atoms with Crippen LogP contribution in [0.15, 0.2) is 41.9 Å². The van der Waals surface area contributed by atoms with Gasteiger partial charge < -0.3 is 4.74 Å². The predicted octanol–water partition coefficient (Wildman–Crippen LogP) is 3.55. The summed E-state index contributed by atoms with van der Waals surface area (Å²) in [5, 5.41) is 0. The Morgan fingerprint density at radius 3 is 2.35 bits per heavy atom. The first-order valence-electron chi connectivity index (χ1n) is 5.72. The maximum absolute atomic E-state index is 5.48. The molecule has 1 aromatic carbocycles. The van der Waals surface area contributed by atoms with E-state index in [0.29, 0.717) is 12.5 Å². The molecule has 1 aromatic rings. The lowest BCUT2D eigenvalue weighted by Crippen LogP contribution is -2.17. The van der Waals surface area contributed by atoms with Crippen LogP contribution in [0.2, 0.25) is 0 Å². The Balaban J connectivity index is 2.08. The highest BCUT2D eigenvalue weighted by Crippen LogP contribution is 2.17. The molecule has 2 rings (SSSR count). The summed E-state index contributed by atoms with van der Waals surface area (Å²) in [6, 6.07) is 8.17. The Morgan fingerprint density at radius 1 is 1.18 bits per heavy atom. The van der Waals surface area contributed by atoms with Crippen LogP contribution in [0.4, 0.5) is 0 Å². The van der Waals surface area contributed by atoms with Gasteiger partial charge in [-0.1, -0.05) is 36.9 Å². The Labute approximate surface area is 102 Å². The van der Waals surface area contributed by atoms with E-state index in [-0.39, 0.29) is 5.54 Å². The molecule has 0 radical (unpaired) electrons. The topological polar surface area (TPSA) is 21.6 Å². The molecule has 0 N–H and O–H groups in total. The van der Waals surface area contributed by atoms with E-state index in [2.05, 4.69) is 25.4 Å². The van der Waals surface area contributed by atoms with Crippen LogP contribution in [0, 0.1) is 0 Å². The lowest BCUT2D eigenvalue weighted by molar-refractivity contribution is 0.280. The highest BCUT2D eigenvalue weighted by Gasteiger charge is 2.24. The SMILES string of the molecule is C=Cc1ccc(/C=C/C2=NC(C)(C)CO2)cc1. The first-order valence-corrected chi connectivity index (χ1v) is 5.72. The summed E-state index contributed by atoms with van der Waals surface area (Å²) >= 11 is 0. The Morgan fingerprint density at radius 2 is 1.82 bits per heavy atom. The number of rotatable bonds is 3. The third-order valence-corrected chi connectivity index (χ3v) is 2.58. The minimum absolute atomic E-state index is 0.0909. The van der Waals surface area contributed by atoms with Crippen molar-refractivity contribution in [1.29, 1.82) is 0 Å². The van der Waals surface area contributed by atoms with E-state index in [0.717, 1.165) is 11.1 Å². The quantitative estimate of drug-likeness (QED) is 0.773. The Bertz CT molecular complexity index is 466. The zero-order valence-corrected chi connectivity index (χ0v) is 10.3. The standard InChI is InChI=1S/C15H17NO/c1-4-12-5-7-13(8-6-12)9-10-14-16-15(2,3)11-17-14/h4-10H,1,11H2,2-3H3/b10-9+. The summed E-state index contributed by atoms with van der Waals surface area (Å²) in [6.07, 6.45) is 5.75. The van der Waals surface area contributed by atoms with Gasteiger partial charge in [-0.3, -0.25) is 0 Å². The van der Waals surface area contributed by atoms with Crippen LogP contribution in [0.25, 0.3) is 12.2 Å². The van der Waals surface area contributed by atoms with Crippen molar-refractivity contribution in [2.75, 3.05) is 6.61 Å². The fourth-order valence-electron chi connectivity index (χ4n) is 1.61. The van der Waals surface area contributed by atoms with E-state index < -0.39 is 0 Å². The summed E-state index contributed by atoms with van der Waals surface area (Å²) in [6.45, 7) is 8.51. The molecule has 1 aliphatic heterocycles. The molecule has 0 aromatic heterocycles. The maximum atomic E-state index is 5.48. The number of hydrogen-bond donors (Lipinski definition) is 0. The van der Waals surface area contributed by atoms with E-state index >= 15 is 0 Å². The van der Waals surface area contributed by atoms with Gasteiger partial charge in [-0.2, -0.15) is 0 Å². The number of benzene rings is 1. The number of hydrogen-bond acceptors (Lipinski definition) is 2. The van der Waals surface area contributed by atoms with Crippen LogP contribution in [0.1, 0.15) is 25.0 Å². The second kappa shape index (κ2) is 4.58. The fraction of sp³-hybridized carbons (Fsp3) is 0.267. The predicted molar refractivity (Wildman–Crippen MR) is 73.0 cm³/mol. The summed E-state index contributed by atoms with van der Waals surface area (Å²) in [7, 11) is 0. The average Bonchev–Trinajstić information content (AvgIpc) is 2.67. The van der Waals surface area contributed by atoms with Gasteiger partial charge in [0, 0.05) is 6.08 Å². The van der Waals surface area contributed by atoms with Gasteiger partial charge in [-0.25, -0.2) is 4.99 Å². The van der Waals surface area contributed by atoms with E-state index in [1.807, 2.05) is 42.5 Å². The zero-order valence-electron chi connectivity index (χ0n) is 10.3. The monoisotopic (exact) mass is 227 g/mol. The Hall–Kier alpha value is -1.83. The van der Waals surface area contributed by atoms with Gasteiger partial charge in [-0.05, 0) is 31.1 Å². The lowest BCUT2D eigenvalue weighted by Gasteiger charge is -2.07. The lowest BCUT2D eigenvalue weighted by atomic mass is 10.1. The smallest absolute Gasteiger partial charge is 0.209 e. The molecule has 0 unspecified atom stereocenters. The molecule has 0 spiro atoms. The van der Waals surface area contributed by atoms with E-state index in [9.17, 15) is 0 Å². The van der Waals surface area contributed by atoms with E-state index in [1.165, 1.54) is 0 Å². The summed E-state index contributed by atoms with van der Waals surface area (Å²) in [5.41, 5.74) is 2.16. The van der Waals surface area contributed by atoms with Crippen LogP contribution < -0.4 is 0 Å². The van der Waals surface area contributed by atoms with Crippen molar-refractivity contribution in [3.05, 3.63) is 48.0 Å². The van der Waals surface area contributed by atoms with Gasteiger partial charge in [0.2, 0.25) is 5.90 Å². The molecular formula is C15H17NO. The second-order valence-corrected chi connectivity index (χ2v) is 4.76. The largest absolute Gasteiger partial charge is 0.475 e. The first kappa shape index (κ1) is 11.6. The summed E-state index contributed by atoms with van der Waals surface area (Å²) in [4.78, 5) is 4.46. The van der Waals surface area contributed by atoms with Gasteiger partial charge in [0.1, 0.15) is 6.61 Å². The molecule has 0 fully saturated rings. The maximum Gasteiger partial charge on any atom is 0.209 e. The van der Waals surface area contributed by atoms with E-state index in [1.54, 1.807) is 0 Å². The first-order chi connectivity index (χ1) is 8.09. The molecule has 2 heteroatoms. The van der Waals surface area contributed by atoms with Crippen LogP contribution in [0.5, 0.6) is 0 Å². The van der Waals surface area contributed by atoms with Gasteiger partial charge >= 0.3 is 0 Å². The normalized spacial score (nSPS) is 17.9. The minimum Gasteiger partial charge on any atom is -0.475 e. The summed E-state index contributed by atoms with van der Waals surface area (Å²) < 4.78 is 5.48. The van der Waals surface area contributed by atoms with Crippen LogP contribution in [-0.2, 0) is 4.74 Å².